The molecule has 2 heterocycles. The third-order valence-electron chi connectivity index (χ3n) is 1.34. The lowest BCUT2D eigenvalue weighted by Gasteiger charge is -1.73. The van der Waals surface area contributed by atoms with Gasteiger partial charge in [-0.3, -0.25) is 0 Å². The van der Waals surface area contributed by atoms with Crippen molar-refractivity contribution in [2.24, 2.45) is 0 Å². The summed E-state index contributed by atoms with van der Waals surface area (Å²) in [5.74, 6) is 0. The van der Waals surface area contributed by atoms with Crippen LogP contribution in [0.25, 0.3) is 11.5 Å². The quantitative estimate of drug-likeness (QED) is 0.548. The maximum Gasteiger partial charge on any atom is 0.140 e. The van der Waals surface area contributed by atoms with Gasteiger partial charge in [0.2, 0.25) is 0 Å². The van der Waals surface area contributed by atoms with Gasteiger partial charge in [0, 0.05) is 10.6 Å². The molecule has 1 aliphatic heterocycles. The van der Waals surface area contributed by atoms with Gasteiger partial charge in [0.1, 0.15) is 5.42 Å². The van der Waals surface area contributed by atoms with Crippen LogP contribution in [0.4, 0.5) is 0 Å². The molecule has 0 saturated carbocycles. The van der Waals surface area contributed by atoms with Gasteiger partial charge in [-0.15, -0.1) is 11.8 Å². The monoisotopic (exact) mass is 150 g/mol. The lowest BCUT2D eigenvalue weighted by atomic mass is 10.4. The molecule has 0 aromatic carbocycles. The molecule has 0 amide bonds. The first kappa shape index (κ1) is 5.86. The molecule has 0 N–H and O–H groups in total. The SMILES string of the molecule is C1=CSC=c2occc2=C1. The topological polar surface area (TPSA) is 13.1 Å². The van der Waals surface area contributed by atoms with Crippen molar-refractivity contribution in [2.75, 3.05) is 0 Å². The van der Waals surface area contributed by atoms with Crippen molar-refractivity contribution in [1.82, 2.24) is 0 Å². The molecule has 1 nitrogen and oxygen atoms in total. The Bertz CT molecular complexity index is 359. The van der Waals surface area contributed by atoms with Crippen molar-refractivity contribution in [3.05, 3.63) is 34.4 Å². The molecular formula is C8H6OS. The smallest absolute Gasteiger partial charge is 0.140 e. The van der Waals surface area contributed by atoms with Gasteiger partial charge in [-0.25, -0.2) is 0 Å². The van der Waals surface area contributed by atoms with Crippen molar-refractivity contribution in [1.29, 1.82) is 0 Å². The Morgan fingerprint density at radius 1 is 1.40 bits per heavy atom. The summed E-state index contributed by atoms with van der Waals surface area (Å²) in [6, 6.07) is 1.96. The molecule has 1 aromatic rings. The summed E-state index contributed by atoms with van der Waals surface area (Å²) in [5.41, 5.74) is 0.954. The Kier molecular flexibility index (Phi) is 1.40. The average Bonchev–Trinajstić information content (AvgIpc) is 2.28. The lowest BCUT2D eigenvalue weighted by Crippen LogP contribution is -2.17. The summed E-state index contributed by atoms with van der Waals surface area (Å²) in [7, 11) is 0. The predicted molar refractivity (Wildman–Crippen MR) is 43.6 cm³/mol. The van der Waals surface area contributed by atoms with Gasteiger partial charge >= 0.3 is 0 Å². The van der Waals surface area contributed by atoms with Crippen molar-refractivity contribution in [3.63, 3.8) is 0 Å². The van der Waals surface area contributed by atoms with Crippen LogP contribution in [0, 0.1) is 0 Å². The summed E-state index contributed by atoms with van der Waals surface area (Å²) < 4.78 is 5.19. The van der Waals surface area contributed by atoms with E-state index in [2.05, 4.69) is 0 Å². The number of allylic oxidation sites excluding steroid dienone is 1. The number of fused-ring (bicyclic) bond motifs is 1. The minimum absolute atomic E-state index is 0.954. The second kappa shape index (κ2) is 2.39. The van der Waals surface area contributed by atoms with E-state index in [0.29, 0.717) is 0 Å². The van der Waals surface area contributed by atoms with E-state index in [1.165, 1.54) is 0 Å². The number of hydrogen-bond acceptors (Lipinski definition) is 2. The van der Waals surface area contributed by atoms with E-state index < -0.39 is 0 Å². The molecule has 10 heavy (non-hydrogen) atoms. The molecule has 50 valence electrons. The number of rotatable bonds is 0. The number of furan rings is 1. The standard InChI is InChI=1S/C8H6OS/c1-2-7-3-4-9-8(7)6-10-5-1/h1-6H. The number of hydrogen-bond donors (Lipinski definition) is 0. The van der Waals surface area contributed by atoms with Gasteiger partial charge in [0.15, 0.2) is 0 Å². The maximum absolute atomic E-state index is 5.19. The largest absolute Gasteiger partial charge is 0.464 e. The van der Waals surface area contributed by atoms with E-state index in [0.717, 1.165) is 10.6 Å². The third kappa shape index (κ3) is 0.907. The fraction of sp³-hybridized carbons (Fsp3) is 0. The van der Waals surface area contributed by atoms with Crippen molar-refractivity contribution < 1.29 is 4.42 Å². The number of thioether (sulfide) groups is 1. The van der Waals surface area contributed by atoms with Gasteiger partial charge in [-0.2, -0.15) is 0 Å². The van der Waals surface area contributed by atoms with Crippen LogP contribution < -0.4 is 10.6 Å². The highest BCUT2D eigenvalue weighted by Crippen LogP contribution is 2.03. The normalized spacial score (nSPS) is 14.8. The van der Waals surface area contributed by atoms with Gasteiger partial charge in [0.25, 0.3) is 0 Å². The van der Waals surface area contributed by atoms with E-state index in [9.17, 15) is 0 Å². The van der Waals surface area contributed by atoms with E-state index >= 15 is 0 Å². The third-order valence-corrected chi connectivity index (χ3v) is 2.00. The van der Waals surface area contributed by atoms with Crippen LogP contribution in [0.3, 0.4) is 0 Å². The summed E-state index contributed by atoms with van der Waals surface area (Å²) in [4.78, 5) is 0. The van der Waals surface area contributed by atoms with Crippen LogP contribution >= 0.6 is 11.8 Å². The van der Waals surface area contributed by atoms with Gasteiger partial charge in [-0.1, -0.05) is 12.2 Å². The van der Waals surface area contributed by atoms with Gasteiger partial charge < -0.3 is 4.42 Å². The van der Waals surface area contributed by atoms with Crippen LogP contribution in [-0.4, -0.2) is 0 Å². The molecule has 0 atom stereocenters. The highest BCUT2D eigenvalue weighted by molar-refractivity contribution is 8.09. The van der Waals surface area contributed by atoms with Crippen molar-refractivity contribution in [2.45, 2.75) is 0 Å². The highest BCUT2D eigenvalue weighted by atomic mass is 32.2. The summed E-state index contributed by atoms with van der Waals surface area (Å²) >= 11 is 1.63. The molecular weight excluding hydrogens is 144 g/mol. The Morgan fingerprint density at radius 2 is 2.40 bits per heavy atom. The molecule has 2 rings (SSSR count). The summed E-state index contributed by atoms with van der Waals surface area (Å²) in [6.45, 7) is 0. The Hall–Kier alpha value is -0.890. The van der Waals surface area contributed by atoms with E-state index in [4.69, 9.17) is 4.42 Å². The zero-order valence-electron chi connectivity index (χ0n) is 5.28. The average molecular weight is 150 g/mol. The second-order valence-corrected chi connectivity index (χ2v) is 2.77. The molecule has 0 saturated heterocycles. The maximum atomic E-state index is 5.19. The first-order valence-corrected chi connectivity index (χ1v) is 3.97. The predicted octanol–water partition coefficient (Wildman–Crippen LogP) is 1.06. The van der Waals surface area contributed by atoms with Crippen LogP contribution in [0.5, 0.6) is 0 Å². The van der Waals surface area contributed by atoms with Crippen molar-refractivity contribution >= 4 is 23.2 Å². The molecule has 0 bridgehead atoms. The molecule has 2 heteroatoms. The Morgan fingerprint density at radius 3 is 3.40 bits per heavy atom. The van der Waals surface area contributed by atoms with Gasteiger partial charge in [-0.05, 0) is 11.5 Å². The zero-order valence-corrected chi connectivity index (χ0v) is 6.10. The fourth-order valence-corrected chi connectivity index (χ4v) is 1.42. The lowest BCUT2D eigenvalue weighted by molar-refractivity contribution is 0.532. The minimum Gasteiger partial charge on any atom is -0.464 e. The molecule has 0 radical (unpaired) electrons. The van der Waals surface area contributed by atoms with E-state index in [1.807, 2.05) is 29.0 Å². The molecule has 0 unspecified atom stereocenters. The Labute approximate surface area is 62.7 Å². The van der Waals surface area contributed by atoms with Crippen LogP contribution in [0.15, 0.2) is 28.2 Å². The van der Waals surface area contributed by atoms with Gasteiger partial charge in [0.05, 0.1) is 6.26 Å². The fourth-order valence-electron chi connectivity index (χ4n) is 0.854. The first-order valence-electron chi connectivity index (χ1n) is 3.03. The van der Waals surface area contributed by atoms with Crippen LogP contribution in [-0.2, 0) is 0 Å². The van der Waals surface area contributed by atoms with Crippen LogP contribution in [0.2, 0.25) is 0 Å². The minimum atomic E-state index is 0.954. The second-order valence-electron chi connectivity index (χ2n) is 1.99. The zero-order chi connectivity index (χ0) is 6.81. The van der Waals surface area contributed by atoms with E-state index in [-0.39, 0.29) is 0 Å². The summed E-state index contributed by atoms with van der Waals surface area (Å²) in [6.07, 6.45) is 5.76. The highest BCUT2D eigenvalue weighted by Gasteiger charge is 1.88. The molecule has 0 aliphatic carbocycles. The van der Waals surface area contributed by atoms with Crippen LogP contribution in [0.1, 0.15) is 0 Å². The Balaban J connectivity index is 2.82. The first-order chi connectivity index (χ1) is 4.97. The van der Waals surface area contributed by atoms with Crippen molar-refractivity contribution in [3.8, 4) is 0 Å². The van der Waals surface area contributed by atoms with E-state index in [1.54, 1.807) is 18.0 Å². The molecule has 0 fully saturated rings. The molecule has 1 aliphatic rings. The molecule has 1 aromatic heterocycles. The summed E-state index contributed by atoms with van der Waals surface area (Å²) in [5, 5.41) is 5.17. The molecule has 0 spiro atoms.